The van der Waals surface area contributed by atoms with Crippen LogP contribution in [0.25, 0.3) is 5.69 Å². The van der Waals surface area contributed by atoms with Crippen LogP contribution < -0.4 is 4.72 Å². The van der Waals surface area contributed by atoms with Gasteiger partial charge in [-0.2, -0.15) is 5.10 Å². The third-order valence-corrected chi connectivity index (χ3v) is 5.86. The highest BCUT2D eigenvalue weighted by molar-refractivity contribution is 7.92. The van der Waals surface area contributed by atoms with Crippen molar-refractivity contribution >= 4 is 21.4 Å². The molecule has 0 radical (unpaired) electrons. The Hall–Kier alpha value is -3.20. The van der Waals surface area contributed by atoms with Gasteiger partial charge in [-0.3, -0.25) is 14.8 Å². The first kappa shape index (κ1) is 18.6. The molecule has 0 aliphatic rings. The van der Waals surface area contributed by atoms with Gasteiger partial charge in [0.05, 0.1) is 33.2 Å². The third kappa shape index (κ3) is 3.41. The van der Waals surface area contributed by atoms with E-state index in [1.54, 1.807) is 18.5 Å². The summed E-state index contributed by atoms with van der Waals surface area (Å²) < 4.78 is 30.0. The molecular formula is C18H18N4O4S. The Morgan fingerprint density at radius 2 is 1.70 bits per heavy atom. The van der Waals surface area contributed by atoms with E-state index < -0.39 is 14.9 Å². The fraction of sp³-hybridized carbons (Fsp3) is 0.167. The molecule has 2 aromatic carbocycles. The van der Waals surface area contributed by atoms with Crippen molar-refractivity contribution in [2.24, 2.45) is 0 Å². The van der Waals surface area contributed by atoms with Gasteiger partial charge >= 0.3 is 0 Å². The number of hydrogen-bond donors (Lipinski definition) is 1. The molecule has 0 amide bonds. The number of nitro benzene ring substituents is 1. The fourth-order valence-corrected chi connectivity index (χ4v) is 4.48. The molecule has 0 aliphatic heterocycles. The van der Waals surface area contributed by atoms with Gasteiger partial charge in [0.25, 0.3) is 15.7 Å². The quantitative estimate of drug-likeness (QED) is 0.533. The van der Waals surface area contributed by atoms with Crippen molar-refractivity contribution < 1.29 is 13.3 Å². The molecular weight excluding hydrogens is 368 g/mol. The maximum absolute atomic E-state index is 13.0. The van der Waals surface area contributed by atoms with E-state index in [1.807, 2.05) is 30.3 Å². The summed E-state index contributed by atoms with van der Waals surface area (Å²) in [6.07, 6.45) is 0. The van der Waals surface area contributed by atoms with Crippen molar-refractivity contribution in [2.75, 3.05) is 4.72 Å². The predicted octanol–water partition coefficient (Wildman–Crippen LogP) is 3.51. The number of benzene rings is 2. The summed E-state index contributed by atoms with van der Waals surface area (Å²) in [5, 5.41) is 15.4. The number of sulfonamides is 1. The predicted molar refractivity (Wildman–Crippen MR) is 102 cm³/mol. The van der Waals surface area contributed by atoms with E-state index >= 15 is 0 Å². The Bertz CT molecular complexity index is 1120. The van der Waals surface area contributed by atoms with Crippen molar-refractivity contribution in [1.82, 2.24) is 9.78 Å². The van der Waals surface area contributed by atoms with Crippen LogP contribution in [-0.2, 0) is 10.0 Å². The number of hydrogen-bond acceptors (Lipinski definition) is 5. The van der Waals surface area contributed by atoms with E-state index in [4.69, 9.17) is 0 Å². The van der Waals surface area contributed by atoms with E-state index in [0.717, 1.165) is 5.69 Å². The number of nitro groups is 1. The highest BCUT2D eigenvalue weighted by atomic mass is 32.2. The highest BCUT2D eigenvalue weighted by Gasteiger charge is 2.26. The summed E-state index contributed by atoms with van der Waals surface area (Å²) in [6, 6.07) is 13.5. The molecule has 0 saturated carbocycles. The molecule has 0 unspecified atom stereocenters. The van der Waals surface area contributed by atoms with Crippen LogP contribution in [0.15, 0.2) is 53.4 Å². The summed E-state index contributed by atoms with van der Waals surface area (Å²) >= 11 is 0. The normalized spacial score (nSPS) is 11.4. The molecule has 140 valence electrons. The molecule has 0 aliphatic carbocycles. The Kier molecular flexibility index (Phi) is 4.71. The number of nitrogens with zero attached hydrogens (tertiary/aromatic N) is 3. The summed E-state index contributed by atoms with van der Waals surface area (Å²) in [4.78, 5) is 10.6. The lowest BCUT2D eigenvalue weighted by molar-refractivity contribution is -0.385. The number of rotatable bonds is 5. The summed E-state index contributed by atoms with van der Waals surface area (Å²) in [6.45, 7) is 4.78. The van der Waals surface area contributed by atoms with Crippen molar-refractivity contribution in [3.8, 4) is 5.69 Å². The maximum atomic E-state index is 13.0. The standard InChI is InChI=1S/C18H18N4O4S/c1-12-16(10-7-11-17(12)22(23)24)20-27(25,26)18-13(2)19-21(14(18)3)15-8-5-4-6-9-15/h4-11,20H,1-3H3. The van der Waals surface area contributed by atoms with E-state index in [9.17, 15) is 18.5 Å². The number of nitrogens with one attached hydrogen (secondary N) is 1. The molecule has 1 N–H and O–H groups in total. The van der Waals surface area contributed by atoms with E-state index in [2.05, 4.69) is 9.82 Å². The van der Waals surface area contributed by atoms with Gasteiger partial charge in [-0.25, -0.2) is 13.1 Å². The van der Waals surface area contributed by atoms with Crippen molar-refractivity contribution in [3.63, 3.8) is 0 Å². The average Bonchev–Trinajstić information content (AvgIpc) is 2.92. The van der Waals surface area contributed by atoms with E-state index in [-0.39, 0.29) is 21.8 Å². The van der Waals surface area contributed by atoms with E-state index in [1.165, 1.54) is 25.1 Å². The molecule has 1 aromatic heterocycles. The lowest BCUT2D eigenvalue weighted by atomic mass is 10.2. The van der Waals surface area contributed by atoms with Gasteiger partial charge in [0.2, 0.25) is 0 Å². The number of anilines is 1. The van der Waals surface area contributed by atoms with E-state index in [0.29, 0.717) is 11.4 Å². The molecule has 8 nitrogen and oxygen atoms in total. The Labute approximate surface area is 156 Å². The monoisotopic (exact) mass is 386 g/mol. The SMILES string of the molecule is Cc1nn(-c2ccccc2)c(C)c1S(=O)(=O)Nc1cccc([N+](=O)[O-])c1C. The smallest absolute Gasteiger partial charge is 0.274 e. The zero-order valence-corrected chi connectivity index (χ0v) is 15.8. The number of aromatic nitrogens is 2. The maximum Gasteiger partial charge on any atom is 0.274 e. The zero-order valence-electron chi connectivity index (χ0n) is 15.0. The fourth-order valence-electron chi connectivity index (χ4n) is 2.97. The van der Waals surface area contributed by atoms with Gasteiger partial charge in [0, 0.05) is 6.07 Å². The van der Waals surface area contributed by atoms with Crippen molar-refractivity contribution in [1.29, 1.82) is 0 Å². The summed E-state index contributed by atoms with van der Waals surface area (Å²) in [5.41, 5.74) is 1.79. The van der Waals surface area contributed by atoms with Crippen LogP contribution in [0.2, 0.25) is 0 Å². The Morgan fingerprint density at radius 1 is 1.04 bits per heavy atom. The first-order valence-corrected chi connectivity index (χ1v) is 9.59. The van der Waals surface area contributed by atoms with Gasteiger partial charge < -0.3 is 0 Å². The first-order valence-electron chi connectivity index (χ1n) is 8.11. The summed E-state index contributed by atoms with van der Waals surface area (Å²) in [5.74, 6) is 0. The van der Waals surface area contributed by atoms with Gasteiger partial charge in [-0.15, -0.1) is 0 Å². The van der Waals surface area contributed by atoms with Crippen LogP contribution in [0, 0.1) is 30.9 Å². The largest absolute Gasteiger partial charge is 0.279 e. The molecule has 27 heavy (non-hydrogen) atoms. The van der Waals surface area contributed by atoms with Crippen LogP contribution in [0.4, 0.5) is 11.4 Å². The van der Waals surface area contributed by atoms with Gasteiger partial charge in [0.1, 0.15) is 4.90 Å². The summed E-state index contributed by atoms with van der Waals surface area (Å²) in [7, 11) is -3.98. The molecule has 1 heterocycles. The van der Waals surface area contributed by atoms with Gasteiger partial charge in [-0.05, 0) is 39.0 Å². The van der Waals surface area contributed by atoms with Gasteiger partial charge in [0.15, 0.2) is 0 Å². The minimum atomic E-state index is -3.98. The Balaban J connectivity index is 2.06. The molecule has 0 spiro atoms. The molecule has 3 rings (SSSR count). The minimum Gasteiger partial charge on any atom is -0.279 e. The lowest BCUT2D eigenvalue weighted by Gasteiger charge is -2.11. The topological polar surface area (TPSA) is 107 Å². The zero-order chi connectivity index (χ0) is 19.8. The third-order valence-electron chi connectivity index (χ3n) is 4.24. The van der Waals surface area contributed by atoms with Crippen LogP contribution in [0.1, 0.15) is 17.0 Å². The molecule has 0 bridgehead atoms. The number of para-hydroxylation sites is 1. The first-order chi connectivity index (χ1) is 12.7. The molecule has 9 heteroatoms. The highest BCUT2D eigenvalue weighted by Crippen LogP contribution is 2.29. The van der Waals surface area contributed by atoms with Crippen LogP contribution in [0.3, 0.4) is 0 Å². The lowest BCUT2D eigenvalue weighted by Crippen LogP contribution is -2.16. The van der Waals surface area contributed by atoms with Gasteiger partial charge in [-0.1, -0.05) is 24.3 Å². The number of aryl methyl sites for hydroxylation is 1. The van der Waals surface area contributed by atoms with Crippen molar-refractivity contribution in [2.45, 2.75) is 25.7 Å². The molecule has 0 saturated heterocycles. The second kappa shape index (κ2) is 6.84. The van der Waals surface area contributed by atoms with Crippen LogP contribution in [-0.4, -0.2) is 23.1 Å². The molecule has 0 atom stereocenters. The minimum absolute atomic E-state index is 0.0530. The average molecular weight is 386 g/mol. The van der Waals surface area contributed by atoms with Crippen LogP contribution >= 0.6 is 0 Å². The van der Waals surface area contributed by atoms with Crippen LogP contribution in [0.5, 0.6) is 0 Å². The molecule has 3 aromatic rings. The molecule has 0 fully saturated rings. The van der Waals surface area contributed by atoms with Crippen molar-refractivity contribution in [3.05, 3.63) is 75.6 Å². The second-order valence-corrected chi connectivity index (χ2v) is 7.68. The Morgan fingerprint density at radius 3 is 2.33 bits per heavy atom. The second-order valence-electron chi connectivity index (χ2n) is 6.06.